The quantitative estimate of drug-likeness (QED) is 0.838. The normalized spacial score (nSPS) is 19.6. The van der Waals surface area contributed by atoms with Crippen molar-refractivity contribution in [2.75, 3.05) is 27.3 Å². The summed E-state index contributed by atoms with van der Waals surface area (Å²) in [4.78, 5) is 0.131. The molecule has 7 heteroatoms. The van der Waals surface area contributed by atoms with Crippen molar-refractivity contribution in [2.24, 2.45) is 0 Å². The fourth-order valence-corrected chi connectivity index (χ4v) is 3.65. The highest BCUT2D eigenvalue weighted by molar-refractivity contribution is 7.89. The van der Waals surface area contributed by atoms with E-state index in [0.717, 1.165) is 19.4 Å². The van der Waals surface area contributed by atoms with Crippen LogP contribution >= 0.6 is 0 Å². The van der Waals surface area contributed by atoms with Gasteiger partial charge in [0.25, 0.3) is 0 Å². The lowest BCUT2D eigenvalue weighted by molar-refractivity contribution is 0.384. The van der Waals surface area contributed by atoms with Crippen LogP contribution in [0.4, 0.5) is 0 Å². The van der Waals surface area contributed by atoms with Crippen molar-refractivity contribution < 1.29 is 17.9 Å². The Bertz CT molecular complexity index is 553. The van der Waals surface area contributed by atoms with E-state index in [9.17, 15) is 8.42 Å². The topological polar surface area (TPSA) is 76.7 Å². The van der Waals surface area contributed by atoms with Gasteiger partial charge in [-0.3, -0.25) is 0 Å². The number of methoxy groups -OCH3 is 2. The Morgan fingerprint density at radius 3 is 2.70 bits per heavy atom. The zero-order chi connectivity index (χ0) is 14.6. The maximum absolute atomic E-state index is 12.4. The van der Waals surface area contributed by atoms with Gasteiger partial charge in [-0.15, -0.1) is 0 Å². The SMILES string of the molecule is COc1ccc(S(=O)(=O)NC2CCCNC2)c(OC)c1. The summed E-state index contributed by atoms with van der Waals surface area (Å²) in [7, 11) is -0.635. The number of benzene rings is 1. The lowest BCUT2D eigenvalue weighted by atomic mass is 10.1. The number of piperidine rings is 1. The lowest BCUT2D eigenvalue weighted by Gasteiger charge is -2.24. The van der Waals surface area contributed by atoms with E-state index < -0.39 is 10.0 Å². The Labute approximate surface area is 119 Å². The van der Waals surface area contributed by atoms with Crippen molar-refractivity contribution in [1.82, 2.24) is 10.0 Å². The largest absolute Gasteiger partial charge is 0.497 e. The molecule has 0 saturated carbocycles. The van der Waals surface area contributed by atoms with Gasteiger partial charge in [-0.25, -0.2) is 13.1 Å². The van der Waals surface area contributed by atoms with Crippen LogP contribution < -0.4 is 19.5 Å². The van der Waals surface area contributed by atoms with Gasteiger partial charge >= 0.3 is 0 Å². The van der Waals surface area contributed by atoms with Gasteiger partial charge in [-0.2, -0.15) is 0 Å². The molecule has 0 aliphatic carbocycles. The van der Waals surface area contributed by atoms with Crippen molar-refractivity contribution in [1.29, 1.82) is 0 Å². The molecule has 1 aromatic carbocycles. The van der Waals surface area contributed by atoms with Gasteiger partial charge in [0.15, 0.2) is 0 Å². The molecule has 0 bridgehead atoms. The van der Waals surface area contributed by atoms with Gasteiger partial charge in [-0.05, 0) is 31.5 Å². The maximum Gasteiger partial charge on any atom is 0.244 e. The molecule has 1 heterocycles. The fraction of sp³-hybridized carbons (Fsp3) is 0.538. The molecule has 1 atom stereocenters. The molecule has 1 aliphatic heterocycles. The van der Waals surface area contributed by atoms with Crippen molar-refractivity contribution in [3.63, 3.8) is 0 Å². The second-order valence-corrected chi connectivity index (χ2v) is 6.36. The molecular weight excluding hydrogens is 280 g/mol. The summed E-state index contributed by atoms with van der Waals surface area (Å²) < 4.78 is 37.8. The molecule has 1 aromatic rings. The van der Waals surface area contributed by atoms with Crippen LogP contribution in [-0.4, -0.2) is 41.8 Å². The van der Waals surface area contributed by atoms with Gasteiger partial charge < -0.3 is 14.8 Å². The van der Waals surface area contributed by atoms with Crippen molar-refractivity contribution >= 4 is 10.0 Å². The number of hydrogen-bond donors (Lipinski definition) is 2. The highest BCUT2D eigenvalue weighted by Crippen LogP contribution is 2.28. The van der Waals surface area contributed by atoms with Crippen LogP contribution in [0.2, 0.25) is 0 Å². The molecule has 2 rings (SSSR count). The minimum absolute atomic E-state index is 0.0828. The Balaban J connectivity index is 2.24. The molecule has 2 N–H and O–H groups in total. The third kappa shape index (κ3) is 3.41. The van der Waals surface area contributed by atoms with E-state index in [1.807, 2.05) is 0 Å². The first-order valence-electron chi connectivity index (χ1n) is 6.52. The van der Waals surface area contributed by atoms with Crippen LogP contribution in [-0.2, 0) is 10.0 Å². The zero-order valence-corrected chi connectivity index (χ0v) is 12.5. The molecule has 0 spiro atoms. The maximum atomic E-state index is 12.4. The first-order chi connectivity index (χ1) is 9.56. The summed E-state index contributed by atoms with van der Waals surface area (Å²) in [5.74, 6) is 0.834. The Morgan fingerprint density at radius 1 is 1.30 bits per heavy atom. The Morgan fingerprint density at radius 2 is 2.10 bits per heavy atom. The summed E-state index contributed by atoms with van der Waals surface area (Å²) in [5.41, 5.74) is 0. The summed E-state index contributed by atoms with van der Waals surface area (Å²) in [6, 6.07) is 4.58. The summed E-state index contributed by atoms with van der Waals surface area (Å²) >= 11 is 0. The molecule has 20 heavy (non-hydrogen) atoms. The first-order valence-corrected chi connectivity index (χ1v) is 8.00. The van der Waals surface area contributed by atoms with Gasteiger partial charge in [0.1, 0.15) is 16.4 Å². The monoisotopic (exact) mass is 300 g/mol. The molecular formula is C13H20N2O4S. The molecule has 0 amide bonds. The second-order valence-electron chi connectivity index (χ2n) is 4.68. The molecule has 1 saturated heterocycles. The van der Waals surface area contributed by atoms with E-state index in [1.165, 1.54) is 20.3 Å². The van der Waals surface area contributed by atoms with E-state index in [1.54, 1.807) is 12.1 Å². The molecule has 1 aliphatic rings. The van der Waals surface area contributed by atoms with E-state index in [-0.39, 0.29) is 16.7 Å². The van der Waals surface area contributed by atoms with Gasteiger partial charge in [0, 0.05) is 18.7 Å². The van der Waals surface area contributed by atoms with E-state index in [0.29, 0.717) is 12.3 Å². The zero-order valence-electron chi connectivity index (χ0n) is 11.7. The second kappa shape index (κ2) is 6.43. The first kappa shape index (κ1) is 15.1. The molecule has 6 nitrogen and oxygen atoms in total. The van der Waals surface area contributed by atoms with Crippen LogP contribution in [0.25, 0.3) is 0 Å². The third-order valence-corrected chi connectivity index (χ3v) is 4.84. The van der Waals surface area contributed by atoms with Crippen molar-refractivity contribution in [3.8, 4) is 11.5 Å². The van der Waals surface area contributed by atoms with Crippen LogP contribution in [0.1, 0.15) is 12.8 Å². The molecule has 0 radical (unpaired) electrons. The molecule has 1 unspecified atom stereocenters. The van der Waals surface area contributed by atoms with Crippen LogP contribution in [0.3, 0.4) is 0 Å². The Hall–Kier alpha value is -1.31. The summed E-state index contributed by atoms with van der Waals surface area (Å²) in [6.45, 7) is 1.59. The highest BCUT2D eigenvalue weighted by Gasteiger charge is 2.24. The van der Waals surface area contributed by atoms with E-state index in [4.69, 9.17) is 9.47 Å². The molecule has 0 aromatic heterocycles. The smallest absolute Gasteiger partial charge is 0.244 e. The van der Waals surface area contributed by atoms with Crippen molar-refractivity contribution in [2.45, 2.75) is 23.8 Å². The average molecular weight is 300 g/mol. The fourth-order valence-electron chi connectivity index (χ4n) is 2.23. The molecule has 1 fully saturated rings. The number of nitrogens with one attached hydrogen (secondary N) is 2. The standard InChI is InChI=1S/C13H20N2O4S/c1-18-11-5-6-13(12(8-11)19-2)20(16,17)15-10-4-3-7-14-9-10/h5-6,8,10,14-15H,3-4,7,9H2,1-2H3. The van der Waals surface area contributed by atoms with Crippen molar-refractivity contribution in [3.05, 3.63) is 18.2 Å². The number of ether oxygens (including phenoxy) is 2. The highest BCUT2D eigenvalue weighted by atomic mass is 32.2. The van der Waals surface area contributed by atoms with Gasteiger partial charge in [-0.1, -0.05) is 0 Å². The lowest BCUT2D eigenvalue weighted by Crippen LogP contribution is -2.45. The Kier molecular flexibility index (Phi) is 4.85. The predicted molar refractivity (Wildman–Crippen MR) is 75.8 cm³/mol. The van der Waals surface area contributed by atoms with E-state index >= 15 is 0 Å². The van der Waals surface area contributed by atoms with Gasteiger partial charge in [0.2, 0.25) is 10.0 Å². The minimum Gasteiger partial charge on any atom is -0.497 e. The van der Waals surface area contributed by atoms with Gasteiger partial charge in [0.05, 0.1) is 14.2 Å². The number of sulfonamides is 1. The summed E-state index contributed by atoms with van der Waals surface area (Å²) in [6.07, 6.45) is 1.80. The van der Waals surface area contributed by atoms with Crippen LogP contribution in [0, 0.1) is 0 Å². The van der Waals surface area contributed by atoms with E-state index in [2.05, 4.69) is 10.0 Å². The number of rotatable bonds is 5. The average Bonchev–Trinajstić information content (AvgIpc) is 2.47. The molecule has 112 valence electrons. The predicted octanol–water partition coefficient (Wildman–Crippen LogP) is 0.734. The van der Waals surface area contributed by atoms with Crippen LogP contribution in [0.15, 0.2) is 23.1 Å². The van der Waals surface area contributed by atoms with Crippen LogP contribution in [0.5, 0.6) is 11.5 Å². The number of hydrogen-bond acceptors (Lipinski definition) is 5. The third-order valence-electron chi connectivity index (χ3n) is 3.28. The minimum atomic E-state index is -3.60. The summed E-state index contributed by atoms with van der Waals surface area (Å²) in [5, 5.41) is 3.18.